The van der Waals surface area contributed by atoms with Gasteiger partial charge >= 0.3 is 0 Å². The van der Waals surface area contributed by atoms with Crippen LogP contribution in [0.3, 0.4) is 0 Å². The van der Waals surface area contributed by atoms with Crippen molar-refractivity contribution in [3.05, 3.63) is 41.5 Å². The Morgan fingerprint density at radius 1 is 1.38 bits per heavy atom. The summed E-state index contributed by atoms with van der Waals surface area (Å²) in [6.07, 6.45) is 0. The predicted octanol–water partition coefficient (Wildman–Crippen LogP) is 1.99. The Morgan fingerprint density at radius 3 is 2.69 bits per heavy atom. The van der Waals surface area contributed by atoms with Crippen molar-refractivity contribution < 1.29 is 4.39 Å². The van der Waals surface area contributed by atoms with Crippen molar-refractivity contribution in [1.29, 1.82) is 0 Å². The van der Waals surface area contributed by atoms with Crippen LogP contribution in [0.2, 0.25) is 0 Å². The zero-order chi connectivity index (χ0) is 11.7. The number of benzene rings is 1. The molecule has 4 heteroatoms. The highest BCUT2D eigenvalue weighted by molar-refractivity contribution is 5.69. The van der Waals surface area contributed by atoms with E-state index in [2.05, 4.69) is 5.10 Å². The molecule has 3 nitrogen and oxygen atoms in total. The molecule has 2 aromatic rings. The van der Waals surface area contributed by atoms with Gasteiger partial charge in [-0.2, -0.15) is 5.10 Å². The van der Waals surface area contributed by atoms with Crippen molar-refractivity contribution in [1.82, 2.24) is 9.78 Å². The molecule has 2 rings (SSSR count). The van der Waals surface area contributed by atoms with Crippen LogP contribution in [0.4, 0.5) is 4.39 Å². The molecule has 0 amide bonds. The van der Waals surface area contributed by atoms with Crippen molar-refractivity contribution in [2.75, 3.05) is 0 Å². The van der Waals surface area contributed by atoms with Crippen molar-refractivity contribution in [2.45, 2.75) is 13.5 Å². The quantitative estimate of drug-likeness (QED) is 0.839. The van der Waals surface area contributed by atoms with Gasteiger partial charge in [0, 0.05) is 24.7 Å². The molecule has 0 aliphatic carbocycles. The van der Waals surface area contributed by atoms with Crippen LogP contribution in [0, 0.1) is 12.7 Å². The van der Waals surface area contributed by atoms with Gasteiger partial charge in [-0.3, -0.25) is 4.68 Å². The number of nitrogens with zero attached hydrogens (tertiary/aromatic N) is 2. The van der Waals surface area contributed by atoms with Crippen LogP contribution in [0.5, 0.6) is 0 Å². The lowest BCUT2D eigenvalue weighted by molar-refractivity contribution is 0.631. The third-order valence-electron chi connectivity index (χ3n) is 2.68. The van der Waals surface area contributed by atoms with Gasteiger partial charge in [-0.1, -0.05) is 18.2 Å². The summed E-state index contributed by atoms with van der Waals surface area (Å²) in [7, 11) is 1.82. The average molecular weight is 219 g/mol. The van der Waals surface area contributed by atoms with Crippen LogP contribution < -0.4 is 5.73 Å². The molecule has 0 fully saturated rings. The van der Waals surface area contributed by atoms with E-state index in [0.717, 1.165) is 17.0 Å². The molecule has 1 aromatic heterocycles. The summed E-state index contributed by atoms with van der Waals surface area (Å²) < 4.78 is 15.4. The van der Waals surface area contributed by atoms with Crippen molar-refractivity contribution in [2.24, 2.45) is 12.8 Å². The van der Waals surface area contributed by atoms with E-state index in [1.807, 2.05) is 20.0 Å². The fraction of sp³-hybridized carbons (Fsp3) is 0.250. The van der Waals surface area contributed by atoms with Crippen molar-refractivity contribution in [3.63, 3.8) is 0 Å². The monoisotopic (exact) mass is 219 g/mol. The van der Waals surface area contributed by atoms with E-state index in [9.17, 15) is 4.39 Å². The van der Waals surface area contributed by atoms with Crippen LogP contribution in [-0.2, 0) is 13.6 Å². The first-order valence-electron chi connectivity index (χ1n) is 5.12. The second kappa shape index (κ2) is 4.06. The van der Waals surface area contributed by atoms with Gasteiger partial charge < -0.3 is 5.73 Å². The summed E-state index contributed by atoms with van der Waals surface area (Å²) in [5.41, 5.74) is 8.69. The molecule has 0 unspecified atom stereocenters. The highest BCUT2D eigenvalue weighted by Gasteiger charge is 2.16. The third-order valence-corrected chi connectivity index (χ3v) is 2.68. The molecular formula is C12H14FN3. The topological polar surface area (TPSA) is 43.8 Å². The van der Waals surface area contributed by atoms with Gasteiger partial charge in [0.2, 0.25) is 0 Å². The van der Waals surface area contributed by atoms with Crippen molar-refractivity contribution in [3.8, 4) is 11.1 Å². The molecular weight excluding hydrogens is 205 g/mol. The fourth-order valence-corrected chi connectivity index (χ4v) is 1.95. The van der Waals surface area contributed by atoms with Crippen LogP contribution in [0.25, 0.3) is 11.1 Å². The minimum atomic E-state index is -0.242. The minimum absolute atomic E-state index is 0.242. The van der Waals surface area contributed by atoms with Crippen LogP contribution in [-0.4, -0.2) is 9.78 Å². The van der Waals surface area contributed by atoms with E-state index in [-0.39, 0.29) is 5.82 Å². The number of hydrogen-bond donors (Lipinski definition) is 1. The van der Waals surface area contributed by atoms with E-state index >= 15 is 0 Å². The fourth-order valence-electron chi connectivity index (χ4n) is 1.95. The van der Waals surface area contributed by atoms with E-state index in [0.29, 0.717) is 12.1 Å². The summed E-state index contributed by atoms with van der Waals surface area (Å²) in [4.78, 5) is 0. The first-order chi connectivity index (χ1) is 7.65. The number of aryl methyl sites for hydroxylation is 2. The molecule has 1 heterocycles. The van der Waals surface area contributed by atoms with Crippen LogP contribution in [0.1, 0.15) is 11.4 Å². The lowest BCUT2D eigenvalue weighted by Crippen LogP contribution is -2.05. The van der Waals surface area contributed by atoms with Gasteiger partial charge in [0.05, 0.1) is 11.4 Å². The highest BCUT2D eigenvalue weighted by atomic mass is 19.1. The summed E-state index contributed by atoms with van der Waals surface area (Å²) >= 11 is 0. The SMILES string of the molecule is Cc1nn(C)c(CN)c1-c1ccccc1F. The Labute approximate surface area is 93.7 Å². The van der Waals surface area contributed by atoms with E-state index in [1.54, 1.807) is 16.8 Å². The maximum absolute atomic E-state index is 13.7. The molecule has 2 N–H and O–H groups in total. The number of aromatic nitrogens is 2. The Hall–Kier alpha value is -1.68. The zero-order valence-corrected chi connectivity index (χ0v) is 9.37. The lowest BCUT2D eigenvalue weighted by atomic mass is 10.0. The second-order valence-electron chi connectivity index (χ2n) is 3.71. The van der Waals surface area contributed by atoms with Gasteiger partial charge in [0.15, 0.2) is 0 Å². The number of nitrogens with two attached hydrogens (primary N) is 1. The molecule has 0 bridgehead atoms. The first-order valence-corrected chi connectivity index (χ1v) is 5.12. The largest absolute Gasteiger partial charge is 0.325 e. The maximum Gasteiger partial charge on any atom is 0.131 e. The summed E-state index contributed by atoms with van der Waals surface area (Å²) in [5, 5.41) is 4.27. The van der Waals surface area contributed by atoms with E-state index < -0.39 is 0 Å². The molecule has 0 saturated carbocycles. The van der Waals surface area contributed by atoms with E-state index in [4.69, 9.17) is 5.73 Å². The predicted molar refractivity (Wildman–Crippen MR) is 61.2 cm³/mol. The standard InChI is InChI=1S/C12H14FN3/c1-8-12(11(7-14)16(2)15-8)9-5-3-4-6-10(9)13/h3-6H,7,14H2,1-2H3. The lowest BCUT2D eigenvalue weighted by Gasteiger charge is -2.05. The Balaban J connectivity index is 2.69. The maximum atomic E-state index is 13.7. The Kier molecular flexibility index (Phi) is 2.75. The minimum Gasteiger partial charge on any atom is -0.325 e. The first kappa shape index (κ1) is 10.8. The summed E-state index contributed by atoms with van der Waals surface area (Å²) in [6, 6.07) is 6.68. The normalized spacial score (nSPS) is 10.8. The van der Waals surface area contributed by atoms with Gasteiger partial charge in [-0.15, -0.1) is 0 Å². The molecule has 0 saturated heterocycles. The molecule has 0 spiro atoms. The molecule has 0 aliphatic heterocycles. The highest BCUT2D eigenvalue weighted by Crippen LogP contribution is 2.28. The number of halogens is 1. The van der Waals surface area contributed by atoms with Gasteiger partial charge in [0.25, 0.3) is 0 Å². The summed E-state index contributed by atoms with van der Waals surface area (Å²) in [5.74, 6) is -0.242. The van der Waals surface area contributed by atoms with Crippen LogP contribution >= 0.6 is 0 Å². The Bertz CT molecular complexity index is 517. The Morgan fingerprint density at radius 2 is 2.06 bits per heavy atom. The smallest absolute Gasteiger partial charge is 0.131 e. The second-order valence-corrected chi connectivity index (χ2v) is 3.71. The molecule has 0 radical (unpaired) electrons. The average Bonchev–Trinajstić information content (AvgIpc) is 2.54. The molecule has 1 aromatic carbocycles. The third kappa shape index (κ3) is 1.61. The molecule has 0 atom stereocenters. The van der Waals surface area contributed by atoms with Gasteiger partial charge in [-0.05, 0) is 13.0 Å². The van der Waals surface area contributed by atoms with Gasteiger partial charge in [-0.25, -0.2) is 4.39 Å². The van der Waals surface area contributed by atoms with Gasteiger partial charge in [0.1, 0.15) is 5.82 Å². The number of hydrogen-bond acceptors (Lipinski definition) is 2. The zero-order valence-electron chi connectivity index (χ0n) is 9.37. The van der Waals surface area contributed by atoms with E-state index in [1.165, 1.54) is 6.07 Å². The number of rotatable bonds is 2. The van der Waals surface area contributed by atoms with Crippen LogP contribution in [0.15, 0.2) is 24.3 Å². The van der Waals surface area contributed by atoms with Crippen molar-refractivity contribution >= 4 is 0 Å². The summed E-state index contributed by atoms with van der Waals surface area (Å²) in [6.45, 7) is 2.21. The molecule has 16 heavy (non-hydrogen) atoms. The molecule has 0 aliphatic rings. The molecule has 84 valence electrons.